The van der Waals surface area contributed by atoms with Crippen molar-refractivity contribution in [2.24, 2.45) is 0 Å². The maximum atomic E-state index is 12.1. The average Bonchev–Trinajstić information content (AvgIpc) is 2.58. The van der Waals surface area contributed by atoms with Gasteiger partial charge in [0.05, 0.1) is 21.4 Å². The Morgan fingerprint density at radius 1 is 1.17 bits per heavy atom. The molecule has 18 heavy (non-hydrogen) atoms. The first-order chi connectivity index (χ1) is 8.66. The zero-order chi connectivity index (χ0) is 12.7. The fourth-order valence-electron chi connectivity index (χ4n) is 2.76. The second kappa shape index (κ2) is 4.63. The highest BCUT2D eigenvalue weighted by Gasteiger charge is 2.33. The second-order valence-corrected chi connectivity index (χ2v) is 5.65. The van der Waals surface area contributed by atoms with Crippen molar-refractivity contribution in [1.82, 2.24) is 0 Å². The van der Waals surface area contributed by atoms with Gasteiger partial charge in [-0.2, -0.15) is 0 Å². The largest absolute Gasteiger partial charge is 0.358 e. The Balaban J connectivity index is 2.08. The van der Waals surface area contributed by atoms with E-state index in [-0.39, 0.29) is 11.9 Å². The van der Waals surface area contributed by atoms with Crippen LogP contribution in [0.1, 0.15) is 25.7 Å². The highest BCUT2D eigenvalue weighted by atomic mass is 35.5. The SMILES string of the molecule is O=C1Nc2cc(Cl)c(Cl)cc2N2CCCCCC12. The van der Waals surface area contributed by atoms with Crippen molar-refractivity contribution in [3.63, 3.8) is 0 Å². The summed E-state index contributed by atoms with van der Waals surface area (Å²) in [7, 11) is 0. The smallest absolute Gasteiger partial charge is 0.247 e. The molecule has 2 aliphatic rings. The van der Waals surface area contributed by atoms with Crippen molar-refractivity contribution in [2.45, 2.75) is 31.7 Å². The van der Waals surface area contributed by atoms with Crippen molar-refractivity contribution < 1.29 is 4.79 Å². The molecule has 96 valence electrons. The molecule has 1 aromatic carbocycles. The predicted octanol–water partition coefficient (Wildman–Crippen LogP) is 3.69. The molecule has 0 aromatic heterocycles. The molecule has 3 rings (SSSR count). The second-order valence-electron chi connectivity index (χ2n) is 4.83. The zero-order valence-corrected chi connectivity index (χ0v) is 11.4. The maximum Gasteiger partial charge on any atom is 0.247 e. The highest BCUT2D eigenvalue weighted by Crippen LogP contribution is 2.40. The number of rotatable bonds is 0. The summed E-state index contributed by atoms with van der Waals surface area (Å²) in [5.41, 5.74) is 1.77. The molecule has 1 amide bonds. The van der Waals surface area contributed by atoms with Gasteiger partial charge in [-0.25, -0.2) is 0 Å². The monoisotopic (exact) mass is 284 g/mol. The molecule has 0 aliphatic carbocycles. The van der Waals surface area contributed by atoms with Gasteiger partial charge in [0.25, 0.3) is 0 Å². The van der Waals surface area contributed by atoms with Gasteiger partial charge in [0.1, 0.15) is 6.04 Å². The van der Waals surface area contributed by atoms with Gasteiger partial charge in [-0.3, -0.25) is 4.79 Å². The van der Waals surface area contributed by atoms with Crippen LogP contribution in [-0.2, 0) is 4.79 Å². The van der Waals surface area contributed by atoms with Gasteiger partial charge in [-0.05, 0) is 25.0 Å². The van der Waals surface area contributed by atoms with Crippen LogP contribution in [0.2, 0.25) is 10.0 Å². The summed E-state index contributed by atoms with van der Waals surface area (Å²) in [6.07, 6.45) is 4.30. The van der Waals surface area contributed by atoms with E-state index in [2.05, 4.69) is 10.2 Å². The first kappa shape index (κ1) is 12.1. The first-order valence-corrected chi connectivity index (χ1v) is 6.99. The lowest BCUT2D eigenvalue weighted by Crippen LogP contribution is -2.47. The Morgan fingerprint density at radius 3 is 2.78 bits per heavy atom. The molecule has 1 aromatic rings. The molecule has 3 nitrogen and oxygen atoms in total. The minimum absolute atomic E-state index is 0.0581. The Bertz CT molecular complexity index is 504. The molecule has 0 radical (unpaired) electrons. The summed E-state index contributed by atoms with van der Waals surface area (Å²) in [6, 6.07) is 3.53. The number of fused-ring (bicyclic) bond motifs is 3. The lowest BCUT2D eigenvalue weighted by Gasteiger charge is -2.37. The van der Waals surface area contributed by atoms with Crippen molar-refractivity contribution in [2.75, 3.05) is 16.8 Å². The Morgan fingerprint density at radius 2 is 1.94 bits per heavy atom. The summed E-state index contributed by atoms with van der Waals surface area (Å²) >= 11 is 12.1. The van der Waals surface area contributed by atoms with Crippen molar-refractivity contribution >= 4 is 40.5 Å². The number of hydrogen-bond donors (Lipinski definition) is 1. The minimum Gasteiger partial charge on any atom is -0.358 e. The number of nitrogens with zero attached hydrogens (tertiary/aromatic N) is 1. The summed E-state index contributed by atoms with van der Waals surface area (Å²) < 4.78 is 0. The molecule has 2 heterocycles. The quantitative estimate of drug-likeness (QED) is 0.788. The lowest BCUT2D eigenvalue weighted by atomic mass is 10.0. The van der Waals surface area contributed by atoms with Gasteiger partial charge >= 0.3 is 0 Å². The van der Waals surface area contributed by atoms with Gasteiger partial charge < -0.3 is 10.2 Å². The van der Waals surface area contributed by atoms with E-state index in [0.29, 0.717) is 10.0 Å². The third-order valence-corrected chi connectivity index (χ3v) is 4.38. The molecular weight excluding hydrogens is 271 g/mol. The molecular formula is C13H14Cl2N2O. The van der Waals surface area contributed by atoms with Crippen molar-refractivity contribution in [1.29, 1.82) is 0 Å². The van der Waals surface area contributed by atoms with Crippen LogP contribution >= 0.6 is 23.2 Å². The van der Waals surface area contributed by atoms with Crippen LogP contribution in [0.5, 0.6) is 0 Å². The van der Waals surface area contributed by atoms with Gasteiger partial charge in [0.15, 0.2) is 0 Å². The van der Waals surface area contributed by atoms with E-state index in [9.17, 15) is 4.79 Å². The molecule has 0 spiro atoms. The summed E-state index contributed by atoms with van der Waals surface area (Å²) in [5.74, 6) is 0.0720. The number of carbonyl (C=O) groups excluding carboxylic acids is 1. The highest BCUT2D eigenvalue weighted by molar-refractivity contribution is 6.42. The number of halogens is 2. The van der Waals surface area contributed by atoms with Crippen LogP contribution in [-0.4, -0.2) is 18.5 Å². The van der Waals surface area contributed by atoms with Gasteiger partial charge in [-0.15, -0.1) is 0 Å². The molecule has 0 saturated carbocycles. The van der Waals surface area contributed by atoms with Crippen molar-refractivity contribution in [3.8, 4) is 0 Å². The third kappa shape index (κ3) is 1.95. The molecule has 5 heteroatoms. The standard InChI is InChI=1S/C13H14Cl2N2O/c14-8-6-10-12(7-9(8)15)17-5-3-1-2-4-11(17)13(18)16-10/h6-7,11H,1-5H2,(H,16,18). The number of nitrogens with one attached hydrogen (secondary N) is 1. The fourth-order valence-corrected chi connectivity index (χ4v) is 3.08. The van der Waals surface area contributed by atoms with Crippen LogP contribution in [0.25, 0.3) is 0 Å². The van der Waals surface area contributed by atoms with E-state index >= 15 is 0 Å². The van der Waals surface area contributed by atoms with Crippen LogP contribution in [0.4, 0.5) is 11.4 Å². The first-order valence-electron chi connectivity index (χ1n) is 6.23. The summed E-state index contributed by atoms with van der Waals surface area (Å²) in [5, 5.41) is 3.94. The van der Waals surface area contributed by atoms with E-state index in [1.54, 1.807) is 6.07 Å². The van der Waals surface area contributed by atoms with E-state index in [4.69, 9.17) is 23.2 Å². The average molecular weight is 285 g/mol. The molecule has 0 bridgehead atoms. The van der Waals surface area contributed by atoms with Crippen LogP contribution in [0, 0.1) is 0 Å². The number of benzene rings is 1. The van der Waals surface area contributed by atoms with E-state index in [0.717, 1.165) is 37.2 Å². The molecule has 1 saturated heterocycles. The Hall–Kier alpha value is -0.930. The van der Waals surface area contributed by atoms with Crippen LogP contribution in [0.3, 0.4) is 0 Å². The minimum atomic E-state index is -0.0581. The van der Waals surface area contributed by atoms with Gasteiger partial charge in [0.2, 0.25) is 5.91 Å². The Labute approximate surface area is 116 Å². The van der Waals surface area contributed by atoms with E-state index in [1.807, 2.05) is 6.07 Å². The van der Waals surface area contributed by atoms with E-state index < -0.39 is 0 Å². The molecule has 1 N–H and O–H groups in total. The van der Waals surface area contributed by atoms with Gasteiger partial charge in [0, 0.05) is 6.54 Å². The summed E-state index contributed by atoms with van der Waals surface area (Å²) in [6.45, 7) is 0.906. The number of anilines is 2. The normalized spacial score (nSPS) is 22.9. The van der Waals surface area contributed by atoms with Crippen molar-refractivity contribution in [3.05, 3.63) is 22.2 Å². The number of amides is 1. The van der Waals surface area contributed by atoms with Gasteiger partial charge in [-0.1, -0.05) is 36.0 Å². The molecule has 1 atom stereocenters. The predicted molar refractivity (Wildman–Crippen MR) is 74.7 cm³/mol. The molecule has 2 aliphatic heterocycles. The fraction of sp³-hybridized carbons (Fsp3) is 0.462. The van der Waals surface area contributed by atoms with Crippen LogP contribution in [0.15, 0.2) is 12.1 Å². The lowest BCUT2D eigenvalue weighted by molar-refractivity contribution is -0.117. The molecule has 1 fully saturated rings. The topological polar surface area (TPSA) is 32.3 Å². The number of hydrogen-bond acceptors (Lipinski definition) is 2. The number of carbonyl (C=O) groups is 1. The van der Waals surface area contributed by atoms with E-state index in [1.165, 1.54) is 6.42 Å². The third-order valence-electron chi connectivity index (χ3n) is 3.66. The zero-order valence-electron chi connectivity index (χ0n) is 9.88. The maximum absolute atomic E-state index is 12.1. The molecule has 1 unspecified atom stereocenters. The summed E-state index contributed by atoms with van der Waals surface area (Å²) in [4.78, 5) is 14.3. The van der Waals surface area contributed by atoms with Crippen LogP contribution < -0.4 is 10.2 Å². The Kier molecular flexibility index (Phi) is 3.12.